The minimum Gasteiger partial charge on any atom is -0.380 e. The molecule has 0 aliphatic carbocycles. The highest BCUT2D eigenvalue weighted by molar-refractivity contribution is 6.15. The number of ether oxygens (including phenoxy) is 1. The highest BCUT2D eigenvalue weighted by Gasteiger charge is 2.29. The maximum Gasteiger partial charge on any atom is 0.256 e. The number of carbonyl (C=O) groups is 2. The van der Waals surface area contributed by atoms with Crippen LogP contribution >= 0.6 is 0 Å². The molecule has 0 bridgehead atoms. The number of hydrogen-bond donors (Lipinski definition) is 0. The van der Waals surface area contributed by atoms with Crippen molar-refractivity contribution in [3.63, 3.8) is 0 Å². The second-order valence-corrected chi connectivity index (χ2v) is 3.13. The van der Waals surface area contributed by atoms with Crippen LogP contribution in [0.25, 0.3) is 0 Å². The van der Waals surface area contributed by atoms with Gasteiger partial charge in [0.05, 0.1) is 12.6 Å². The molecule has 72 valence electrons. The van der Waals surface area contributed by atoms with Crippen LogP contribution in [-0.2, 0) is 14.3 Å². The van der Waals surface area contributed by atoms with Crippen molar-refractivity contribution in [2.24, 2.45) is 0 Å². The minimum absolute atomic E-state index is 0.118. The Bertz CT molecular complexity index is 270. The van der Waals surface area contributed by atoms with Gasteiger partial charge in [0.1, 0.15) is 0 Å². The zero-order valence-corrected chi connectivity index (χ0v) is 8.03. The molecule has 1 atom stereocenters. The van der Waals surface area contributed by atoms with Gasteiger partial charge in [-0.3, -0.25) is 14.5 Å². The Hall–Kier alpha value is -1.16. The molecule has 0 fully saturated rings. The third kappa shape index (κ3) is 1.95. The van der Waals surface area contributed by atoms with Crippen LogP contribution in [0.4, 0.5) is 0 Å². The SMILES string of the molecule is COC(C)CN1C(=O)C=C(C)C1=O. The van der Waals surface area contributed by atoms with E-state index in [-0.39, 0.29) is 17.9 Å². The van der Waals surface area contributed by atoms with Crippen molar-refractivity contribution < 1.29 is 14.3 Å². The molecule has 1 rings (SSSR count). The number of amides is 2. The molecule has 0 saturated carbocycles. The van der Waals surface area contributed by atoms with Crippen LogP contribution in [0.15, 0.2) is 11.6 Å². The lowest BCUT2D eigenvalue weighted by Gasteiger charge is -2.18. The van der Waals surface area contributed by atoms with E-state index in [1.54, 1.807) is 14.0 Å². The number of rotatable bonds is 3. The fraction of sp³-hybridized carbons (Fsp3) is 0.556. The molecule has 0 aromatic heterocycles. The lowest BCUT2D eigenvalue weighted by Crippen LogP contribution is -2.37. The van der Waals surface area contributed by atoms with E-state index in [4.69, 9.17) is 4.74 Å². The molecule has 0 saturated heterocycles. The molecule has 0 N–H and O–H groups in total. The first-order valence-electron chi connectivity index (χ1n) is 4.13. The van der Waals surface area contributed by atoms with Gasteiger partial charge in [-0.1, -0.05) is 0 Å². The molecule has 0 radical (unpaired) electrons. The fourth-order valence-corrected chi connectivity index (χ4v) is 1.14. The Kier molecular flexibility index (Phi) is 2.83. The quantitative estimate of drug-likeness (QED) is 0.592. The number of methoxy groups -OCH3 is 1. The molecule has 0 aromatic rings. The van der Waals surface area contributed by atoms with Crippen LogP contribution in [0, 0.1) is 0 Å². The highest BCUT2D eigenvalue weighted by Crippen LogP contribution is 2.12. The zero-order chi connectivity index (χ0) is 10.0. The summed E-state index contributed by atoms with van der Waals surface area (Å²) in [6, 6.07) is 0. The van der Waals surface area contributed by atoms with Gasteiger partial charge in [0.2, 0.25) is 0 Å². The Labute approximate surface area is 77.2 Å². The van der Waals surface area contributed by atoms with Crippen molar-refractivity contribution in [3.05, 3.63) is 11.6 Å². The summed E-state index contributed by atoms with van der Waals surface area (Å²) in [6.07, 6.45) is 1.23. The molecule has 0 spiro atoms. The van der Waals surface area contributed by atoms with Gasteiger partial charge in [0, 0.05) is 18.8 Å². The summed E-state index contributed by atoms with van der Waals surface area (Å²) in [5.41, 5.74) is 0.494. The third-order valence-electron chi connectivity index (χ3n) is 2.03. The number of nitrogens with zero attached hydrogens (tertiary/aromatic N) is 1. The van der Waals surface area contributed by atoms with Crippen LogP contribution in [0.3, 0.4) is 0 Å². The molecule has 1 aliphatic heterocycles. The Morgan fingerprint density at radius 2 is 2.15 bits per heavy atom. The molecule has 1 aliphatic rings. The summed E-state index contributed by atoms with van der Waals surface area (Å²) in [5.74, 6) is -0.458. The van der Waals surface area contributed by atoms with Crippen LogP contribution in [0.1, 0.15) is 13.8 Å². The third-order valence-corrected chi connectivity index (χ3v) is 2.03. The molecular formula is C9H13NO3. The van der Waals surface area contributed by atoms with Crippen molar-refractivity contribution in [1.29, 1.82) is 0 Å². The van der Waals surface area contributed by atoms with E-state index in [0.717, 1.165) is 0 Å². The van der Waals surface area contributed by atoms with Gasteiger partial charge in [0.15, 0.2) is 0 Å². The zero-order valence-electron chi connectivity index (χ0n) is 8.03. The van der Waals surface area contributed by atoms with Crippen molar-refractivity contribution >= 4 is 11.8 Å². The van der Waals surface area contributed by atoms with Crippen molar-refractivity contribution in [2.75, 3.05) is 13.7 Å². The first-order chi connectivity index (χ1) is 6.06. The lowest BCUT2D eigenvalue weighted by molar-refractivity contribution is -0.138. The van der Waals surface area contributed by atoms with E-state index in [9.17, 15) is 9.59 Å². The lowest BCUT2D eigenvalue weighted by atomic mass is 10.3. The van der Waals surface area contributed by atoms with E-state index >= 15 is 0 Å². The Morgan fingerprint density at radius 3 is 2.54 bits per heavy atom. The Balaban J connectivity index is 2.64. The minimum atomic E-state index is -0.244. The molecule has 1 unspecified atom stereocenters. The average Bonchev–Trinajstić information content (AvgIpc) is 2.32. The Morgan fingerprint density at radius 1 is 1.54 bits per heavy atom. The predicted molar refractivity (Wildman–Crippen MR) is 46.9 cm³/mol. The summed E-state index contributed by atoms with van der Waals surface area (Å²) >= 11 is 0. The van der Waals surface area contributed by atoms with E-state index < -0.39 is 0 Å². The predicted octanol–water partition coefficient (Wildman–Crippen LogP) is 0.336. The van der Waals surface area contributed by atoms with Crippen molar-refractivity contribution in [3.8, 4) is 0 Å². The normalized spacial score (nSPS) is 19.3. The molecular weight excluding hydrogens is 170 g/mol. The molecule has 4 nitrogen and oxygen atoms in total. The van der Waals surface area contributed by atoms with E-state index in [1.807, 2.05) is 6.92 Å². The summed E-state index contributed by atoms with van der Waals surface area (Å²) in [7, 11) is 1.55. The summed E-state index contributed by atoms with van der Waals surface area (Å²) in [5, 5.41) is 0. The maximum atomic E-state index is 11.3. The van der Waals surface area contributed by atoms with Gasteiger partial charge in [-0.25, -0.2) is 0 Å². The van der Waals surface area contributed by atoms with Crippen LogP contribution in [-0.4, -0.2) is 36.5 Å². The summed E-state index contributed by atoms with van der Waals surface area (Å²) < 4.78 is 4.97. The summed E-state index contributed by atoms with van der Waals surface area (Å²) in [4.78, 5) is 23.8. The first kappa shape index (κ1) is 9.92. The second-order valence-electron chi connectivity index (χ2n) is 3.13. The molecule has 0 aromatic carbocycles. The van der Waals surface area contributed by atoms with Gasteiger partial charge in [-0.2, -0.15) is 0 Å². The standard InChI is InChI=1S/C9H13NO3/c1-6-4-8(11)10(9(6)12)5-7(2)13-3/h4,7H,5H2,1-3H3. The van der Waals surface area contributed by atoms with Gasteiger partial charge in [-0.15, -0.1) is 0 Å². The first-order valence-corrected chi connectivity index (χ1v) is 4.13. The largest absolute Gasteiger partial charge is 0.380 e. The van der Waals surface area contributed by atoms with Gasteiger partial charge in [-0.05, 0) is 13.8 Å². The monoisotopic (exact) mass is 183 g/mol. The van der Waals surface area contributed by atoms with Gasteiger partial charge in [0.25, 0.3) is 11.8 Å². The van der Waals surface area contributed by atoms with E-state index in [0.29, 0.717) is 12.1 Å². The maximum absolute atomic E-state index is 11.3. The van der Waals surface area contributed by atoms with Gasteiger partial charge >= 0.3 is 0 Å². The molecule has 1 heterocycles. The fourth-order valence-electron chi connectivity index (χ4n) is 1.14. The van der Waals surface area contributed by atoms with E-state index in [2.05, 4.69) is 0 Å². The van der Waals surface area contributed by atoms with Crippen LogP contribution in [0.2, 0.25) is 0 Å². The topological polar surface area (TPSA) is 46.6 Å². The van der Waals surface area contributed by atoms with Crippen molar-refractivity contribution in [1.82, 2.24) is 4.90 Å². The number of hydrogen-bond acceptors (Lipinski definition) is 3. The summed E-state index contributed by atoms with van der Waals surface area (Å²) in [6.45, 7) is 3.77. The molecule has 2 amide bonds. The molecule has 13 heavy (non-hydrogen) atoms. The van der Waals surface area contributed by atoms with Crippen molar-refractivity contribution in [2.45, 2.75) is 20.0 Å². The second kappa shape index (κ2) is 3.70. The smallest absolute Gasteiger partial charge is 0.256 e. The van der Waals surface area contributed by atoms with E-state index in [1.165, 1.54) is 11.0 Å². The van der Waals surface area contributed by atoms with Gasteiger partial charge < -0.3 is 4.74 Å². The number of imide groups is 1. The average molecular weight is 183 g/mol. The molecule has 4 heteroatoms. The highest BCUT2D eigenvalue weighted by atomic mass is 16.5. The van der Waals surface area contributed by atoms with Crippen LogP contribution < -0.4 is 0 Å². The van der Waals surface area contributed by atoms with Crippen LogP contribution in [0.5, 0.6) is 0 Å². The number of carbonyl (C=O) groups excluding carboxylic acids is 2.